The van der Waals surface area contributed by atoms with E-state index in [-0.39, 0.29) is 10.6 Å². The van der Waals surface area contributed by atoms with Gasteiger partial charge < -0.3 is 5.11 Å². The number of aliphatic hydroxyl groups excluding tert-OH is 1. The maximum Gasteiger partial charge on any atom is 0.149 e. The van der Waals surface area contributed by atoms with E-state index in [2.05, 4.69) is 20.9 Å². The van der Waals surface area contributed by atoms with Gasteiger partial charge in [-0.2, -0.15) is 0 Å². The number of aryl methyl sites for hydroxylation is 1. The van der Waals surface area contributed by atoms with Crippen molar-refractivity contribution in [2.24, 2.45) is 0 Å². The van der Waals surface area contributed by atoms with Crippen LogP contribution in [-0.4, -0.2) is 10.1 Å². The minimum atomic E-state index is -1.13. The zero-order valence-electron chi connectivity index (χ0n) is 9.49. The zero-order chi connectivity index (χ0) is 13.3. The number of nitrogens with zero attached hydrogens (tertiary/aromatic N) is 1. The maximum atomic E-state index is 13.9. The average molecular weight is 331 g/mol. The first-order chi connectivity index (χ1) is 8.50. The highest BCUT2D eigenvalue weighted by molar-refractivity contribution is 9.10. The number of hydrogen-bond donors (Lipinski definition) is 1. The molecule has 1 unspecified atom stereocenters. The number of aromatic nitrogens is 1. The van der Waals surface area contributed by atoms with E-state index in [1.165, 1.54) is 6.07 Å². The van der Waals surface area contributed by atoms with Crippen LogP contribution in [0.4, 0.5) is 4.39 Å². The molecule has 0 saturated carbocycles. The van der Waals surface area contributed by atoms with Crippen LogP contribution in [0.3, 0.4) is 0 Å². The fraction of sp³-hybridized carbons (Fsp3) is 0.154. The molecule has 1 atom stereocenters. The van der Waals surface area contributed by atoms with Crippen molar-refractivity contribution in [2.45, 2.75) is 13.0 Å². The van der Waals surface area contributed by atoms with Gasteiger partial charge in [0.2, 0.25) is 0 Å². The number of pyridine rings is 1. The molecule has 0 aliphatic rings. The third kappa shape index (κ3) is 2.55. The lowest BCUT2D eigenvalue weighted by Gasteiger charge is -2.13. The Morgan fingerprint density at radius 2 is 2.06 bits per heavy atom. The fourth-order valence-corrected chi connectivity index (χ4v) is 2.11. The minimum absolute atomic E-state index is 0.0424. The van der Waals surface area contributed by atoms with Gasteiger partial charge in [-0.15, -0.1) is 0 Å². The van der Waals surface area contributed by atoms with Gasteiger partial charge in [0.25, 0.3) is 0 Å². The molecule has 0 saturated heterocycles. The van der Waals surface area contributed by atoms with Crippen LogP contribution in [0.2, 0.25) is 5.02 Å². The Hall–Kier alpha value is -0.970. The lowest BCUT2D eigenvalue weighted by atomic mass is 10.1. The van der Waals surface area contributed by atoms with Crippen LogP contribution in [0.25, 0.3) is 0 Å². The van der Waals surface area contributed by atoms with Crippen LogP contribution in [0.15, 0.2) is 34.8 Å². The Kier molecular flexibility index (Phi) is 4.00. The summed E-state index contributed by atoms with van der Waals surface area (Å²) in [5.41, 5.74) is 1.27. The topological polar surface area (TPSA) is 33.1 Å². The second-order valence-corrected chi connectivity index (χ2v) is 5.10. The zero-order valence-corrected chi connectivity index (χ0v) is 11.8. The van der Waals surface area contributed by atoms with Crippen molar-refractivity contribution in [1.82, 2.24) is 4.98 Å². The molecular weight excluding hydrogens is 321 g/mol. The molecule has 0 radical (unpaired) electrons. The second kappa shape index (κ2) is 5.34. The summed E-state index contributed by atoms with van der Waals surface area (Å²) in [4.78, 5) is 4.17. The van der Waals surface area contributed by atoms with Crippen molar-refractivity contribution in [3.8, 4) is 0 Å². The normalized spacial score (nSPS) is 12.5. The molecule has 2 aromatic rings. The predicted molar refractivity (Wildman–Crippen MR) is 72.1 cm³/mol. The molecule has 1 N–H and O–H groups in total. The molecule has 0 bridgehead atoms. The molecule has 2 rings (SSSR count). The van der Waals surface area contributed by atoms with Gasteiger partial charge in [-0.25, -0.2) is 4.39 Å². The quantitative estimate of drug-likeness (QED) is 0.844. The molecule has 1 aromatic carbocycles. The van der Waals surface area contributed by atoms with Crippen LogP contribution in [0.5, 0.6) is 0 Å². The van der Waals surface area contributed by atoms with Crippen molar-refractivity contribution in [2.75, 3.05) is 0 Å². The lowest BCUT2D eigenvalue weighted by Crippen LogP contribution is -2.06. The number of benzene rings is 1. The molecule has 0 spiro atoms. The van der Waals surface area contributed by atoms with Crippen LogP contribution in [0.1, 0.15) is 23.1 Å². The Morgan fingerprint density at radius 1 is 1.33 bits per heavy atom. The summed E-state index contributed by atoms with van der Waals surface area (Å²) in [6.07, 6.45) is -1.13. The summed E-state index contributed by atoms with van der Waals surface area (Å²) < 4.78 is 14.4. The number of hydrogen-bond acceptors (Lipinski definition) is 2. The van der Waals surface area contributed by atoms with Gasteiger partial charge in [0.05, 0.1) is 10.7 Å². The van der Waals surface area contributed by atoms with Crippen molar-refractivity contribution in [1.29, 1.82) is 0 Å². The van der Waals surface area contributed by atoms with E-state index < -0.39 is 11.9 Å². The van der Waals surface area contributed by atoms with Gasteiger partial charge in [-0.05, 0) is 41.1 Å². The van der Waals surface area contributed by atoms with E-state index in [9.17, 15) is 9.50 Å². The van der Waals surface area contributed by atoms with E-state index in [0.29, 0.717) is 10.2 Å². The molecular formula is C13H10BrClFNO. The van der Waals surface area contributed by atoms with Gasteiger partial charge in [0.15, 0.2) is 0 Å². The average Bonchev–Trinajstić information content (AvgIpc) is 2.35. The van der Waals surface area contributed by atoms with Gasteiger partial charge in [0.1, 0.15) is 11.9 Å². The molecule has 1 aromatic heterocycles. The highest BCUT2D eigenvalue weighted by Gasteiger charge is 2.19. The minimum Gasteiger partial charge on any atom is -0.382 e. The monoisotopic (exact) mass is 329 g/mol. The van der Waals surface area contributed by atoms with E-state index >= 15 is 0 Å². The molecule has 0 fully saturated rings. The molecule has 94 valence electrons. The van der Waals surface area contributed by atoms with Crippen molar-refractivity contribution >= 4 is 27.5 Å². The van der Waals surface area contributed by atoms with Crippen molar-refractivity contribution < 1.29 is 9.50 Å². The Labute approximate surface area is 118 Å². The maximum absolute atomic E-state index is 13.9. The molecule has 0 amide bonds. The van der Waals surface area contributed by atoms with Crippen LogP contribution < -0.4 is 0 Å². The molecule has 5 heteroatoms. The molecule has 0 aliphatic carbocycles. The second-order valence-electron chi connectivity index (χ2n) is 3.87. The lowest BCUT2D eigenvalue weighted by molar-refractivity contribution is 0.210. The van der Waals surface area contributed by atoms with E-state index in [4.69, 9.17) is 11.6 Å². The summed E-state index contributed by atoms with van der Waals surface area (Å²) in [5.74, 6) is -0.637. The third-order valence-corrected chi connectivity index (χ3v) is 3.81. The summed E-state index contributed by atoms with van der Waals surface area (Å²) in [6, 6.07) is 8.30. The Morgan fingerprint density at radius 3 is 2.72 bits per heavy atom. The highest BCUT2D eigenvalue weighted by Crippen LogP contribution is 2.32. The van der Waals surface area contributed by atoms with Crippen LogP contribution in [-0.2, 0) is 0 Å². The molecule has 1 heterocycles. The van der Waals surface area contributed by atoms with Gasteiger partial charge in [0, 0.05) is 15.7 Å². The summed E-state index contributed by atoms with van der Waals surface area (Å²) >= 11 is 8.92. The molecule has 0 aliphatic heterocycles. The standard InChI is InChI=1S/C13H10BrClFNO/c1-7-3-2-4-10(17-7)13(18)8-5-6-9(14)11(15)12(8)16/h2-6,13,18H,1H3. The first kappa shape index (κ1) is 13.5. The SMILES string of the molecule is Cc1cccc(C(O)c2ccc(Br)c(Cl)c2F)n1. The van der Waals surface area contributed by atoms with E-state index in [1.54, 1.807) is 31.2 Å². The summed E-state index contributed by atoms with van der Waals surface area (Å²) in [7, 11) is 0. The molecule has 2 nitrogen and oxygen atoms in total. The third-order valence-electron chi connectivity index (χ3n) is 2.55. The van der Waals surface area contributed by atoms with E-state index in [1.807, 2.05) is 0 Å². The summed E-state index contributed by atoms with van der Waals surface area (Å²) in [6.45, 7) is 1.81. The molecule has 18 heavy (non-hydrogen) atoms. The number of halogens is 3. The Bertz CT molecular complexity index is 591. The van der Waals surface area contributed by atoms with Crippen molar-refractivity contribution in [3.05, 3.63) is 62.6 Å². The van der Waals surface area contributed by atoms with Gasteiger partial charge in [-0.1, -0.05) is 23.7 Å². The number of rotatable bonds is 2. The van der Waals surface area contributed by atoms with Gasteiger partial charge >= 0.3 is 0 Å². The summed E-state index contributed by atoms with van der Waals surface area (Å²) in [5, 5.41) is 10.1. The van der Waals surface area contributed by atoms with Crippen molar-refractivity contribution in [3.63, 3.8) is 0 Å². The Balaban J connectivity index is 2.46. The predicted octanol–water partition coefficient (Wildman–Crippen LogP) is 4.03. The van der Waals surface area contributed by atoms with E-state index in [0.717, 1.165) is 5.69 Å². The van der Waals surface area contributed by atoms with Crippen LogP contribution in [0, 0.1) is 12.7 Å². The smallest absolute Gasteiger partial charge is 0.149 e. The van der Waals surface area contributed by atoms with Gasteiger partial charge in [-0.3, -0.25) is 4.98 Å². The van der Waals surface area contributed by atoms with Crippen LogP contribution >= 0.6 is 27.5 Å². The number of aliphatic hydroxyl groups is 1. The fourth-order valence-electron chi connectivity index (χ4n) is 1.63. The first-order valence-electron chi connectivity index (χ1n) is 5.25. The first-order valence-corrected chi connectivity index (χ1v) is 6.43. The highest BCUT2D eigenvalue weighted by atomic mass is 79.9. The largest absolute Gasteiger partial charge is 0.382 e.